The van der Waals surface area contributed by atoms with Crippen LogP contribution in [0.25, 0.3) is 22.3 Å². The van der Waals surface area contributed by atoms with E-state index in [-0.39, 0.29) is 11.9 Å². The molecule has 0 spiro atoms. The molecule has 2 aromatic heterocycles. The topological polar surface area (TPSA) is 62.8 Å². The largest absolute Gasteiger partial charge is 0.497 e. The van der Waals surface area contributed by atoms with Gasteiger partial charge in [0, 0.05) is 11.7 Å². The zero-order valence-corrected chi connectivity index (χ0v) is 15.0. The Balaban J connectivity index is 1.65. The lowest BCUT2D eigenvalue weighted by molar-refractivity contribution is 0.415. The lowest BCUT2D eigenvalue weighted by Gasteiger charge is -2.15. The van der Waals surface area contributed by atoms with Gasteiger partial charge in [0.2, 0.25) is 0 Å². The Kier molecular flexibility index (Phi) is 4.46. The summed E-state index contributed by atoms with van der Waals surface area (Å²) < 4.78 is 18.4. The lowest BCUT2D eigenvalue weighted by Crippen LogP contribution is -2.08. The second-order valence-corrected chi connectivity index (χ2v) is 6.31. The van der Waals surface area contributed by atoms with E-state index in [1.54, 1.807) is 19.2 Å². The predicted molar refractivity (Wildman–Crippen MR) is 104 cm³/mol. The highest BCUT2D eigenvalue weighted by Crippen LogP contribution is 2.29. The Morgan fingerprint density at radius 2 is 1.78 bits per heavy atom. The van der Waals surface area contributed by atoms with E-state index < -0.39 is 0 Å². The van der Waals surface area contributed by atoms with Crippen molar-refractivity contribution in [2.45, 2.75) is 13.0 Å². The zero-order chi connectivity index (χ0) is 18.8. The van der Waals surface area contributed by atoms with Gasteiger partial charge in [-0.1, -0.05) is 12.1 Å². The molecule has 4 aromatic rings. The highest BCUT2D eigenvalue weighted by molar-refractivity contribution is 5.91. The molecule has 2 N–H and O–H groups in total. The molecule has 0 aliphatic rings. The average Bonchev–Trinajstić information content (AvgIpc) is 3.14. The van der Waals surface area contributed by atoms with Crippen LogP contribution >= 0.6 is 0 Å². The number of anilines is 1. The number of aromatic amines is 1. The van der Waals surface area contributed by atoms with Crippen LogP contribution in [0.2, 0.25) is 0 Å². The number of hydrogen-bond acceptors (Lipinski definition) is 4. The van der Waals surface area contributed by atoms with Crippen molar-refractivity contribution in [1.29, 1.82) is 0 Å². The van der Waals surface area contributed by atoms with Crippen LogP contribution in [-0.2, 0) is 0 Å². The van der Waals surface area contributed by atoms with Crippen LogP contribution in [0, 0.1) is 5.82 Å². The molecule has 136 valence electrons. The van der Waals surface area contributed by atoms with Gasteiger partial charge in [-0.25, -0.2) is 14.4 Å². The van der Waals surface area contributed by atoms with Gasteiger partial charge in [-0.2, -0.15) is 0 Å². The molecule has 2 heterocycles. The first-order valence-corrected chi connectivity index (χ1v) is 8.64. The molecule has 1 atom stereocenters. The number of halogens is 1. The standard InChI is InChI=1S/C21H19FN4O/c1-13(14-3-7-16(22)8-4-14)25-20-18-11-19(26-21(18)24-12-23-20)15-5-9-17(27-2)10-6-15/h3-13H,1-2H3,(H2,23,24,25,26). The molecule has 0 radical (unpaired) electrons. The van der Waals surface area contributed by atoms with Crippen LogP contribution in [0.15, 0.2) is 60.9 Å². The van der Waals surface area contributed by atoms with Crippen molar-refractivity contribution >= 4 is 16.9 Å². The number of benzene rings is 2. The Labute approximate surface area is 156 Å². The summed E-state index contributed by atoms with van der Waals surface area (Å²) in [5.74, 6) is 1.29. The Hall–Kier alpha value is -3.41. The summed E-state index contributed by atoms with van der Waals surface area (Å²) in [5, 5.41) is 4.29. The van der Waals surface area contributed by atoms with E-state index >= 15 is 0 Å². The van der Waals surface area contributed by atoms with Gasteiger partial charge in [0.05, 0.1) is 12.5 Å². The maximum atomic E-state index is 13.1. The third-order valence-corrected chi connectivity index (χ3v) is 4.55. The predicted octanol–water partition coefficient (Wildman–Crippen LogP) is 4.95. The minimum absolute atomic E-state index is 0.0250. The molecule has 0 fully saturated rings. The summed E-state index contributed by atoms with van der Waals surface area (Å²) in [5.41, 5.74) is 3.72. The average molecular weight is 362 g/mol. The van der Waals surface area contributed by atoms with Crippen LogP contribution in [-0.4, -0.2) is 22.1 Å². The molecule has 0 aliphatic heterocycles. The van der Waals surface area contributed by atoms with E-state index in [1.807, 2.05) is 37.3 Å². The van der Waals surface area contributed by atoms with Crippen molar-refractivity contribution in [3.63, 3.8) is 0 Å². The SMILES string of the molecule is COc1ccc(-c2cc3c(NC(C)c4ccc(F)cc4)ncnc3[nH]2)cc1. The second-order valence-electron chi connectivity index (χ2n) is 6.31. The van der Waals surface area contributed by atoms with Gasteiger partial charge in [0.15, 0.2) is 0 Å². The molecule has 0 bridgehead atoms. The molecule has 0 aliphatic carbocycles. The molecule has 0 amide bonds. The first kappa shape index (κ1) is 17.0. The minimum atomic E-state index is -0.245. The molecule has 1 unspecified atom stereocenters. The Bertz CT molecular complexity index is 1060. The van der Waals surface area contributed by atoms with Gasteiger partial charge in [-0.3, -0.25) is 0 Å². The molecular weight excluding hydrogens is 343 g/mol. The van der Waals surface area contributed by atoms with Crippen molar-refractivity contribution < 1.29 is 9.13 Å². The first-order chi connectivity index (χ1) is 13.1. The molecule has 0 saturated heterocycles. The highest BCUT2D eigenvalue weighted by atomic mass is 19.1. The maximum Gasteiger partial charge on any atom is 0.143 e. The first-order valence-electron chi connectivity index (χ1n) is 8.64. The van der Waals surface area contributed by atoms with Gasteiger partial charge >= 0.3 is 0 Å². The molecule has 5 nitrogen and oxygen atoms in total. The molecule has 27 heavy (non-hydrogen) atoms. The lowest BCUT2D eigenvalue weighted by atomic mass is 10.1. The van der Waals surface area contributed by atoms with E-state index in [2.05, 4.69) is 20.3 Å². The molecule has 6 heteroatoms. The van der Waals surface area contributed by atoms with E-state index in [9.17, 15) is 4.39 Å². The van der Waals surface area contributed by atoms with E-state index in [1.165, 1.54) is 18.5 Å². The van der Waals surface area contributed by atoms with Crippen molar-refractivity contribution in [3.05, 3.63) is 72.3 Å². The van der Waals surface area contributed by atoms with Crippen LogP contribution in [0.1, 0.15) is 18.5 Å². The van der Waals surface area contributed by atoms with Crippen LogP contribution in [0.5, 0.6) is 5.75 Å². The number of aromatic nitrogens is 3. The number of rotatable bonds is 5. The number of hydrogen-bond donors (Lipinski definition) is 2. The molecule has 4 rings (SSSR count). The van der Waals surface area contributed by atoms with Gasteiger partial charge in [0.1, 0.15) is 29.4 Å². The van der Waals surface area contributed by atoms with E-state index in [0.717, 1.165) is 39.4 Å². The summed E-state index contributed by atoms with van der Waals surface area (Å²) >= 11 is 0. The third-order valence-electron chi connectivity index (χ3n) is 4.55. The quantitative estimate of drug-likeness (QED) is 0.527. The van der Waals surface area contributed by atoms with Crippen LogP contribution in [0.3, 0.4) is 0 Å². The second kappa shape index (κ2) is 7.07. The monoisotopic (exact) mass is 362 g/mol. The van der Waals surface area contributed by atoms with Gasteiger partial charge < -0.3 is 15.0 Å². The summed E-state index contributed by atoms with van der Waals surface area (Å²) in [6, 6.07) is 16.3. The smallest absolute Gasteiger partial charge is 0.143 e. The Morgan fingerprint density at radius 3 is 2.48 bits per heavy atom. The number of nitrogens with zero attached hydrogens (tertiary/aromatic N) is 2. The molecular formula is C21H19FN4O. The van der Waals surface area contributed by atoms with Crippen molar-refractivity contribution in [2.24, 2.45) is 0 Å². The third kappa shape index (κ3) is 3.46. The Morgan fingerprint density at radius 1 is 1.04 bits per heavy atom. The normalized spacial score (nSPS) is 12.1. The van der Waals surface area contributed by atoms with Crippen molar-refractivity contribution in [3.8, 4) is 17.0 Å². The molecule has 2 aromatic carbocycles. The fraction of sp³-hybridized carbons (Fsp3) is 0.143. The van der Waals surface area contributed by atoms with E-state index in [0.29, 0.717) is 0 Å². The minimum Gasteiger partial charge on any atom is -0.497 e. The fourth-order valence-corrected chi connectivity index (χ4v) is 3.02. The summed E-state index contributed by atoms with van der Waals surface area (Å²) in [6.07, 6.45) is 1.52. The van der Waals surface area contributed by atoms with Gasteiger partial charge in [-0.05, 0) is 60.5 Å². The van der Waals surface area contributed by atoms with Crippen molar-refractivity contribution in [1.82, 2.24) is 15.0 Å². The fourth-order valence-electron chi connectivity index (χ4n) is 3.02. The molecule has 0 saturated carbocycles. The summed E-state index contributed by atoms with van der Waals surface area (Å²) in [7, 11) is 1.65. The van der Waals surface area contributed by atoms with E-state index in [4.69, 9.17) is 4.74 Å². The number of H-pyrrole nitrogens is 1. The van der Waals surface area contributed by atoms with Crippen LogP contribution in [0.4, 0.5) is 10.2 Å². The van der Waals surface area contributed by atoms with Gasteiger partial charge in [0.25, 0.3) is 0 Å². The highest BCUT2D eigenvalue weighted by Gasteiger charge is 2.12. The number of fused-ring (bicyclic) bond motifs is 1. The number of ether oxygens (including phenoxy) is 1. The van der Waals surface area contributed by atoms with Gasteiger partial charge in [-0.15, -0.1) is 0 Å². The summed E-state index contributed by atoms with van der Waals surface area (Å²) in [4.78, 5) is 12.0. The van der Waals surface area contributed by atoms with Crippen LogP contribution < -0.4 is 10.1 Å². The zero-order valence-electron chi connectivity index (χ0n) is 15.0. The maximum absolute atomic E-state index is 13.1. The number of methoxy groups -OCH3 is 1. The number of nitrogens with one attached hydrogen (secondary N) is 2. The summed E-state index contributed by atoms with van der Waals surface area (Å²) in [6.45, 7) is 2.01. The van der Waals surface area contributed by atoms with Crippen molar-refractivity contribution in [2.75, 3.05) is 12.4 Å².